The number of rotatable bonds is 4. The number of hydrogen-bond acceptors (Lipinski definition) is 2. The highest BCUT2D eigenvalue weighted by Gasteiger charge is 2.24. The van der Waals surface area contributed by atoms with Crippen LogP contribution in [0.2, 0.25) is 0 Å². The lowest BCUT2D eigenvalue weighted by atomic mass is 9.90. The first-order chi connectivity index (χ1) is 8.81. The minimum Gasteiger partial charge on any atom is -0.383 e. The Balaban J connectivity index is 2.00. The van der Waals surface area contributed by atoms with Gasteiger partial charge < -0.3 is 9.64 Å². The Morgan fingerprint density at radius 2 is 2.33 bits per heavy atom. The van der Waals surface area contributed by atoms with Crippen LogP contribution in [-0.2, 0) is 9.53 Å². The third kappa shape index (κ3) is 3.45. The van der Waals surface area contributed by atoms with Crippen LogP contribution in [0.4, 0.5) is 0 Å². The molecule has 0 aromatic heterocycles. The van der Waals surface area contributed by atoms with E-state index in [4.69, 9.17) is 4.74 Å². The number of allylic oxidation sites excluding steroid dienone is 3. The van der Waals surface area contributed by atoms with Crippen LogP contribution < -0.4 is 0 Å². The first-order valence-corrected chi connectivity index (χ1v) is 6.94. The highest BCUT2D eigenvalue weighted by atomic mass is 16.5. The van der Waals surface area contributed by atoms with Crippen molar-refractivity contribution < 1.29 is 9.53 Å². The summed E-state index contributed by atoms with van der Waals surface area (Å²) in [6.07, 6.45) is 12.0. The van der Waals surface area contributed by atoms with Gasteiger partial charge in [0.05, 0.1) is 6.61 Å². The van der Waals surface area contributed by atoms with Gasteiger partial charge in [-0.25, -0.2) is 0 Å². The quantitative estimate of drug-likeness (QED) is 0.766. The van der Waals surface area contributed by atoms with E-state index in [0.29, 0.717) is 18.9 Å². The van der Waals surface area contributed by atoms with Gasteiger partial charge in [-0.15, -0.1) is 0 Å². The smallest absolute Gasteiger partial charge is 0.222 e. The molecule has 0 aromatic rings. The molecule has 0 spiro atoms. The average Bonchev–Trinajstić information content (AvgIpc) is 2.60. The molecule has 18 heavy (non-hydrogen) atoms. The van der Waals surface area contributed by atoms with Crippen molar-refractivity contribution in [3.8, 4) is 0 Å². The van der Waals surface area contributed by atoms with Crippen LogP contribution in [0.1, 0.15) is 32.1 Å². The highest BCUT2D eigenvalue weighted by molar-refractivity contribution is 5.76. The number of carbonyl (C=O) groups excluding carboxylic acids is 1. The van der Waals surface area contributed by atoms with E-state index in [2.05, 4.69) is 18.2 Å². The van der Waals surface area contributed by atoms with E-state index in [-0.39, 0.29) is 5.91 Å². The van der Waals surface area contributed by atoms with Crippen molar-refractivity contribution in [2.45, 2.75) is 32.1 Å². The van der Waals surface area contributed by atoms with Crippen molar-refractivity contribution >= 4 is 5.91 Å². The summed E-state index contributed by atoms with van der Waals surface area (Å²) in [5.41, 5.74) is 1.43. The molecule has 1 fully saturated rings. The predicted octanol–water partition coefficient (Wildman–Crippen LogP) is 2.54. The van der Waals surface area contributed by atoms with Gasteiger partial charge in [-0.05, 0) is 31.3 Å². The van der Waals surface area contributed by atoms with Crippen molar-refractivity contribution in [3.63, 3.8) is 0 Å². The van der Waals surface area contributed by atoms with Gasteiger partial charge in [0.25, 0.3) is 0 Å². The van der Waals surface area contributed by atoms with Gasteiger partial charge in [-0.2, -0.15) is 0 Å². The van der Waals surface area contributed by atoms with Gasteiger partial charge in [0.2, 0.25) is 5.91 Å². The predicted molar refractivity (Wildman–Crippen MR) is 72.3 cm³/mol. The molecular weight excluding hydrogens is 226 g/mol. The second kappa shape index (κ2) is 6.74. The molecule has 1 unspecified atom stereocenters. The molecule has 1 heterocycles. The number of carbonyl (C=O) groups is 1. The van der Waals surface area contributed by atoms with E-state index in [1.165, 1.54) is 5.57 Å². The molecule has 0 radical (unpaired) electrons. The molecule has 2 aliphatic rings. The Labute approximate surface area is 109 Å². The first-order valence-electron chi connectivity index (χ1n) is 6.94. The summed E-state index contributed by atoms with van der Waals surface area (Å²) < 4.78 is 5.09. The summed E-state index contributed by atoms with van der Waals surface area (Å²) in [5.74, 6) is 0.805. The van der Waals surface area contributed by atoms with Crippen LogP contribution >= 0.6 is 0 Å². The number of hydrogen-bond donors (Lipinski definition) is 0. The number of nitrogens with zero attached hydrogens (tertiary/aromatic N) is 1. The molecule has 0 N–H and O–H groups in total. The zero-order valence-corrected chi connectivity index (χ0v) is 11.2. The van der Waals surface area contributed by atoms with E-state index >= 15 is 0 Å². The van der Waals surface area contributed by atoms with Crippen LogP contribution in [0, 0.1) is 5.92 Å². The van der Waals surface area contributed by atoms with Crippen LogP contribution in [0.15, 0.2) is 23.8 Å². The fourth-order valence-corrected chi connectivity index (χ4v) is 2.74. The van der Waals surface area contributed by atoms with Crippen LogP contribution in [0.5, 0.6) is 0 Å². The summed E-state index contributed by atoms with van der Waals surface area (Å²) in [6, 6.07) is 0. The number of amides is 1. The molecular formula is C15H23NO2. The minimum absolute atomic E-state index is 0.287. The third-order valence-electron chi connectivity index (χ3n) is 3.80. The number of ether oxygens (including phenoxy) is 1. The van der Waals surface area contributed by atoms with Gasteiger partial charge in [0.15, 0.2) is 0 Å². The van der Waals surface area contributed by atoms with Crippen molar-refractivity contribution in [2.75, 3.05) is 26.8 Å². The second-order valence-corrected chi connectivity index (χ2v) is 5.11. The van der Waals surface area contributed by atoms with E-state index in [1.54, 1.807) is 7.11 Å². The third-order valence-corrected chi connectivity index (χ3v) is 3.80. The number of likely N-dealkylation sites (tertiary alicyclic amines) is 1. The lowest BCUT2D eigenvalue weighted by Crippen LogP contribution is -2.36. The summed E-state index contributed by atoms with van der Waals surface area (Å²) in [6.45, 7) is 2.22. The van der Waals surface area contributed by atoms with E-state index < -0.39 is 0 Å². The Kier molecular flexibility index (Phi) is 5.00. The van der Waals surface area contributed by atoms with Gasteiger partial charge in [-0.3, -0.25) is 4.79 Å². The molecule has 0 saturated carbocycles. The SMILES string of the molecule is COCCN1CC(C2=CCCC=C2)CCCC1=O. The largest absolute Gasteiger partial charge is 0.383 e. The molecule has 0 bridgehead atoms. The van der Waals surface area contributed by atoms with Gasteiger partial charge in [0, 0.05) is 32.5 Å². The zero-order valence-electron chi connectivity index (χ0n) is 11.2. The Morgan fingerprint density at radius 3 is 3.06 bits per heavy atom. The van der Waals surface area contributed by atoms with Crippen LogP contribution in [-0.4, -0.2) is 37.6 Å². The van der Waals surface area contributed by atoms with Crippen molar-refractivity contribution in [2.24, 2.45) is 5.92 Å². The minimum atomic E-state index is 0.287. The Hall–Kier alpha value is -1.09. The fraction of sp³-hybridized carbons (Fsp3) is 0.667. The molecule has 1 aliphatic carbocycles. The topological polar surface area (TPSA) is 29.5 Å². The van der Waals surface area contributed by atoms with Gasteiger partial charge in [0.1, 0.15) is 0 Å². The molecule has 3 heteroatoms. The van der Waals surface area contributed by atoms with Crippen LogP contribution in [0.25, 0.3) is 0 Å². The Morgan fingerprint density at radius 1 is 1.44 bits per heavy atom. The molecule has 1 amide bonds. The lowest BCUT2D eigenvalue weighted by molar-refractivity contribution is -0.131. The van der Waals surface area contributed by atoms with Crippen molar-refractivity contribution in [1.29, 1.82) is 0 Å². The summed E-state index contributed by atoms with van der Waals surface area (Å²) in [7, 11) is 1.69. The zero-order chi connectivity index (χ0) is 12.8. The van der Waals surface area contributed by atoms with Crippen molar-refractivity contribution in [3.05, 3.63) is 23.8 Å². The standard InChI is InChI=1S/C15H23NO2/c1-18-11-10-16-12-14(8-5-9-15(16)17)13-6-3-2-4-7-13/h3,6-7,14H,2,4-5,8-12H2,1H3. The molecule has 100 valence electrons. The maximum absolute atomic E-state index is 12.0. The summed E-state index contributed by atoms with van der Waals surface area (Å²) in [4.78, 5) is 14.0. The van der Waals surface area contributed by atoms with Crippen LogP contribution in [0.3, 0.4) is 0 Å². The van der Waals surface area contributed by atoms with Crippen molar-refractivity contribution in [1.82, 2.24) is 4.90 Å². The molecule has 3 nitrogen and oxygen atoms in total. The van der Waals surface area contributed by atoms with E-state index in [9.17, 15) is 4.79 Å². The summed E-state index contributed by atoms with van der Waals surface area (Å²) in [5, 5.41) is 0. The fourth-order valence-electron chi connectivity index (χ4n) is 2.74. The lowest BCUT2D eigenvalue weighted by Gasteiger charge is -2.26. The van der Waals surface area contributed by atoms with Gasteiger partial charge >= 0.3 is 0 Å². The molecule has 0 aromatic carbocycles. The summed E-state index contributed by atoms with van der Waals surface area (Å²) >= 11 is 0. The molecule has 2 rings (SSSR count). The second-order valence-electron chi connectivity index (χ2n) is 5.11. The van der Waals surface area contributed by atoms with E-state index in [1.807, 2.05) is 4.90 Å². The van der Waals surface area contributed by atoms with Gasteiger partial charge in [-0.1, -0.05) is 18.2 Å². The monoisotopic (exact) mass is 249 g/mol. The maximum Gasteiger partial charge on any atom is 0.222 e. The average molecular weight is 249 g/mol. The normalized spacial score (nSPS) is 24.9. The molecule has 1 saturated heterocycles. The maximum atomic E-state index is 12.0. The Bertz CT molecular complexity index is 346. The molecule has 1 atom stereocenters. The highest BCUT2D eigenvalue weighted by Crippen LogP contribution is 2.27. The van der Waals surface area contributed by atoms with E-state index in [0.717, 1.165) is 38.8 Å². The number of methoxy groups -OCH3 is 1. The first kappa shape index (κ1) is 13.3. The molecule has 1 aliphatic heterocycles.